The number of amides is 1. The maximum absolute atomic E-state index is 12.3. The number of Topliss-reactive ketones (excluding diaryl/α,β-unsaturated/α-hetero) is 1. The van der Waals surface area contributed by atoms with Crippen molar-refractivity contribution in [3.63, 3.8) is 0 Å². The van der Waals surface area contributed by atoms with Crippen molar-refractivity contribution in [2.75, 3.05) is 12.4 Å². The molecule has 0 saturated heterocycles. The van der Waals surface area contributed by atoms with E-state index >= 15 is 0 Å². The highest BCUT2D eigenvalue weighted by molar-refractivity contribution is 6.31. The summed E-state index contributed by atoms with van der Waals surface area (Å²) in [5.74, 6) is -1.50. The Morgan fingerprint density at radius 1 is 1.08 bits per heavy atom. The maximum Gasteiger partial charge on any atom is 0.337 e. The highest BCUT2D eigenvalue weighted by atomic mass is 35.5. The van der Waals surface area contributed by atoms with E-state index in [1.165, 1.54) is 25.3 Å². The lowest BCUT2D eigenvalue weighted by molar-refractivity contribution is -0.116. The second-order valence-corrected chi connectivity index (χ2v) is 6.11. The summed E-state index contributed by atoms with van der Waals surface area (Å²) >= 11 is 5.91. The number of aromatic carboxylic acids is 1. The fraction of sp³-hybridized carbons (Fsp3) is 0.211. The van der Waals surface area contributed by atoms with Crippen LogP contribution in [0.3, 0.4) is 0 Å². The average Bonchev–Trinajstić information content (AvgIpc) is 2.61. The molecule has 2 aromatic rings. The molecule has 26 heavy (non-hydrogen) atoms. The van der Waals surface area contributed by atoms with Gasteiger partial charge in [-0.05, 0) is 37.3 Å². The Kier molecular flexibility index (Phi) is 6.36. The SMILES string of the molecule is COc1ccc(Cl)cc1C(=O)CCC(=O)Nc1ccc(C)cc1C(=O)O. The Morgan fingerprint density at radius 2 is 1.81 bits per heavy atom. The number of carboxylic acids is 1. The van der Waals surface area contributed by atoms with Crippen LogP contribution in [0.5, 0.6) is 5.75 Å². The number of carbonyl (C=O) groups is 3. The quantitative estimate of drug-likeness (QED) is 0.714. The van der Waals surface area contributed by atoms with Gasteiger partial charge in [0.2, 0.25) is 5.91 Å². The Hall–Kier alpha value is -2.86. The van der Waals surface area contributed by atoms with E-state index in [0.717, 1.165) is 5.56 Å². The minimum atomic E-state index is -1.14. The lowest BCUT2D eigenvalue weighted by Gasteiger charge is -2.10. The summed E-state index contributed by atoms with van der Waals surface area (Å²) in [5, 5.41) is 12.2. The van der Waals surface area contributed by atoms with Gasteiger partial charge in [0.25, 0.3) is 0 Å². The third-order valence-corrected chi connectivity index (χ3v) is 3.96. The van der Waals surface area contributed by atoms with Gasteiger partial charge in [-0.15, -0.1) is 0 Å². The summed E-state index contributed by atoms with van der Waals surface area (Å²) in [7, 11) is 1.44. The zero-order chi connectivity index (χ0) is 19.3. The van der Waals surface area contributed by atoms with E-state index in [2.05, 4.69) is 5.32 Å². The number of aryl methyl sites for hydroxylation is 1. The van der Waals surface area contributed by atoms with Crippen molar-refractivity contribution < 1.29 is 24.2 Å². The molecule has 7 heteroatoms. The van der Waals surface area contributed by atoms with Gasteiger partial charge in [-0.2, -0.15) is 0 Å². The largest absolute Gasteiger partial charge is 0.496 e. The second kappa shape index (κ2) is 8.49. The number of nitrogens with one attached hydrogen (secondary N) is 1. The molecule has 0 bridgehead atoms. The minimum Gasteiger partial charge on any atom is -0.496 e. The Labute approximate surface area is 155 Å². The second-order valence-electron chi connectivity index (χ2n) is 5.67. The van der Waals surface area contributed by atoms with Crippen LogP contribution in [0.15, 0.2) is 36.4 Å². The lowest BCUT2D eigenvalue weighted by atomic mass is 10.0. The van der Waals surface area contributed by atoms with E-state index in [-0.39, 0.29) is 29.9 Å². The van der Waals surface area contributed by atoms with E-state index in [1.54, 1.807) is 25.1 Å². The fourth-order valence-electron chi connectivity index (χ4n) is 2.42. The van der Waals surface area contributed by atoms with Crippen LogP contribution in [0.1, 0.15) is 39.1 Å². The lowest BCUT2D eigenvalue weighted by Crippen LogP contribution is -2.16. The number of ketones is 1. The van der Waals surface area contributed by atoms with Crippen molar-refractivity contribution in [2.45, 2.75) is 19.8 Å². The van der Waals surface area contributed by atoms with Gasteiger partial charge in [-0.3, -0.25) is 9.59 Å². The molecule has 0 aliphatic carbocycles. The highest BCUT2D eigenvalue weighted by Crippen LogP contribution is 2.24. The molecular weight excluding hydrogens is 358 g/mol. The standard InChI is InChI=1S/C19H18ClNO5/c1-11-3-5-15(13(9-11)19(24)25)21-18(23)8-6-16(22)14-10-12(20)4-7-17(14)26-2/h3-5,7,9-10H,6,8H2,1-2H3,(H,21,23)(H,24,25). The molecule has 0 radical (unpaired) electrons. The minimum absolute atomic E-state index is 0.00110. The van der Waals surface area contributed by atoms with Crippen LogP contribution in [-0.2, 0) is 4.79 Å². The van der Waals surface area contributed by atoms with Gasteiger partial charge in [-0.25, -0.2) is 4.79 Å². The van der Waals surface area contributed by atoms with Crippen LogP contribution in [0.2, 0.25) is 5.02 Å². The molecule has 0 aliphatic rings. The van der Waals surface area contributed by atoms with Crippen LogP contribution < -0.4 is 10.1 Å². The number of carbonyl (C=O) groups excluding carboxylic acids is 2. The van der Waals surface area contributed by atoms with E-state index in [4.69, 9.17) is 16.3 Å². The zero-order valence-electron chi connectivity index (χ0n) is 14.3. The first-order valence-corrected chi connectivity index (χ1v) is 8.20. The molecule has 0 aliphatic heterocycles. The van der Waals surface area contributed by atoms with E-state index in [9.17, 15) is 19.5 Å². The Morgan fingerprint density at radius 3 is 2.46 bits per heavy atom. The maximum atomic E-state index is 12.3. The zero-order valence-corrected chi connectivity index (χ0v) is 15.1. The first kappa shape index (κ1) is 19.5. The number of halogens is 1. The molecule has 6 nitrogen and oxygen atoms in total. The number of ether oxygens (including phenoxy) is 1. The van der Waals surface area contributed by atoms with Gasteiger partial charge in [0.05, 0.1) is 23.9 Å². The number of anilines is 1. The summed E-state index contributed by atoms with van der Waals surface area (Å²) in [6, 6.07) is 9.38. The number of hydrogen-bond acceptors (Lipinski definition) is 4. The van der Waals surface area contributed by atoms with Crippen molar-refractivity contribution in [3.05, 3.63) is 58.1 Å². The summed E-state index contributed by atoms with van der Waals surface area (Å²) < 4.78 is 5.13. The van der Waals surface area contributed by atoms with Crippen molar-refractivity contribution >= 4 is 34.9 Å². The molecule has 136 valence electrons. The fourth-order valence-corrected chi connectivity index (χ4v) is 2.59. The molecule has 0 fully saturated rings. The van der Waals surface area contributed by atoms with Crippen LogP contribution >= 0.6 is 11.6 Å². The molecule has 0 spiro atoms. The van der Waals surface area contributed by atoms with E-state index in [0.29, 0.717) is 16.3 Å². The Bertz CT molecular complexity index is 863. The number of benzene rings is 2. The van der Waals surface area contributed by atoms with Crippen molar-refractivity contribution in [2.24, 2.45) is 0 Å². The predicted octanol–water partition coefficient (Wildman–Crippen LogP) is 3.96. The summed E-state index contributed by atoms with van der Waals surface area (Å²) in [5.41, 5.74) is 1.26. The van der Waals surface area contributed by atoms with Crippen LogP contribution in [0.25, 0.3) is 0 Å². The van der Waals surface area contributed by atoms with E-state index < -0.39 is 11.9 Å². The molecule has 0 aromatic heterocycles. The third-order valence-electron chi connectivity index (χ3n) is 3.72. The normalized spacial score (nSPS) is 10.3. The molecule has 0 atom stereocenters. The van der Waals surface area contributed by atoms with Crippen molar-refractivity contribution in [3.8, 4) is 5.75 Å². The van der Waals surface area contributed by atoms with Gasteiger partial charge >= 0.3 is 5.97 Å². The summed E-state index contributed by atoms with van der Waals surface area (Å²) in [6.45, 7) is 1.76. The first-order valence-electron chi connectivity index (χ1n) is 7.82. The van der Waals surface area contributed by atoms with Gasteiger partial charge in [0.15, 0.2) is 5.78 Å². The molecule has 0 heterocycles. The molecule has 2 rings (SSSR count). The number of hydrogen-bond donors (Lipinski definition) is 2. The molecule has 0 unspecified atom stereocenters. The van der Waals surface area contributed by atoms with Gasteiger partial charge in [0, 0.05) is 17.9 Å². The highest BCUT2D eigenvalue weighted by Gasteiger charge is 2.16. The van der Waals surface area contributed by atoms with Crippen LogP contribution in [-0.4, -0.2) is 29.9 Å². The smallest absolute Gasteiger partial charge is 0.337 e. The van der Waals surface area contributed by atoms with Crippen LogP contribution in [0, 0.1) is 6.92 Å². The summed E-state index contributed by atoms with van der Waals surface area (Å²) in [6.07, 6.45) is -0.155. The first-order chi connectivity index (χ1) is 12.3. The molecule has 1 amide bonds. The predicted molar refractivity (Wildman–Crippen MR) is 98.3 cm³/mol. The van der Waals surface area contributed by atoms with Gasteiger partial charge in [0.1, 0.15) is 5.75 Å². The average molecular weight is 376 g/mol. The summed E-state index contributed by atoms with van der Waals surface area (Å²) in [4.78, 5) is 35.7. The van der Waals surface area contributed by atoms with Gasteiger partial charge < -0.3 is 15.2 Å². The van der Waals surface area contributed by atoms with E-state index in [1.807, 2.05) is 0 Å². The van der Waals surface area contributed by atoms with Gasteiger partial charge in [-0.1, -0.05) is 23.2 Å². The van der Waals surface area contributed by atoms with Crippen molar-refractivity contribution in [1.82, 2.24) is 0 Å². The van der Waals surface area contributed by atoms with Crippen molar-refractivity contribution in [1.29, 1.82) is 0 Å². The topological polar surface area (TPSA) is 92.7 Å². The third kappa shape index (κ3) is 4.83. The molecular formula is C19H18ClNO5. The van der Waals surface area contributed by atoms with Crippen LogP contribution in [0.4, 0.5) is 5.69 Å². The number of methoxy groups -OCH3 is 1. The molecule has 0 saturated carbocycles. The monoisotopic (exact) mass is 375 g/mol. The number of rotatable bonds is 7. The number of carboxylic acid groups (broad SMARTS) is 1. The Balaban J connectivity index is 2.05. The molecule has 2 aromatic carbocycles. The molecule has 2 N–H and O–H groups in total.